The molecule has 1 aliphatic heterocycles. The van der Waals surface area contributed by atoms with Gasteiger partial charge in [-0.3, -0.25) is 0 Å². The van der Waals surface area contributed by atoms with Crippen molar-refractivity contribution in [1.29, 1.82) is 0 Å². The number of aromatic nitrogens is 1. The Morgan fingerprint density at radius 3 is 2.50 bits per heavy atom. The maximum absolute atomic E-state index is 12.6. The second-order valence-corrected chi connectivity index (χ2v) is 7.38. The van der Waals surface area contributed by atoms with Crippen LogP contribution in [0.5, 0.6) is 0 Å². The van der Waals surface area contributed by atoms with E-state index in [0.29, 0.717) is 25.9 Å². The minimum absolute atomic E-state index is 0.0558. The molecule has 0 bridgehead atoms. The predicted molar refractivity (Wildman–Crippen MR) is 76.9 cm³/mol. The lowest BCUT2D eigenvalue weighted by Crippen LogP contribution is -2.43. The lowest BCUT2D eigenvalue weighted by Gasteiger charge is -2.31. The Hall–Kier alpha value is -1.35. The second-order valence-electron chi connectivity index (χ2n) is 5.12. The van der Waals surface area contributed by atoms with Crippen LogP contribution in [0.2, 0.25) is 0 Å². The van der Waals surface area contributed by atoms with E-state index in [4.69, 9.17) is 0 Å². The van der Waals surface area contributed by atoms with Crippen molar-refractivity contribution in [2.24, 2.45) is 0 Å². The molecule has 0 aliphatic carbocycles. The minimum atomic E-state index is -4.48. The number of hydrogen-bond acceptors (Lipinski definition) is 4. The lowest BCUT2D eigenvalue weighted by atomic mass is 10.1. The molecule has 9 heteroatoms. The summed E-state index contributed by atoms with van der Waals surface area (Å²) < 4.78 is 62.7. The van der Waals surface area contributed by atoms with Crippen LogP contribution in [0.25, 0.3) is 0 Å². The molecule has 1 aromatic rings. The zero-order chi connectivity index (χ0) is 16.4. The number of rotatable bonds is 4. The highest BCUT2D eigenvalue weighted by Gasteiger charge is 2.33. The zero-order valence-corrected chi connectivity index (χ0v) is 12.9. The van der Waals surface area contributed by atoms with E-state index in [9.17, 15) is 21.6 Å². The number of alkyl halides is 3. The summed E-state index contributed by atoms with van der Waals surface area (Å²) in [5, 5.41) is 2.95. The van der Waals surface area contributed by atoms with Crippen molar-refractivity contribution in [3.63, 3.8) is 0 Å². The van der Waals surface area contributed by atoms with E-state index in [1.54, 1.807) is 6.92 Å². The van der Waals surface area contributed by atoms with Crippen molar-refractivity contribution in [3.05, 3.63) is 23.9 Å². The van der Waals surface area contributed by atoms with Crippen molar-refractivity contribution in [1.82, 2.24) is 9.29 Å². The minimum Gasteiger partial charge on any atom is -0.367 e. The van der Waals surface area contributed by atoms with Crippen LogP contribution in [0.3, 0.4) is 0 Å². The molecule has 0 aromatic carbocycles. The van der Waals surface area contributed by atoms with Crippen LogP contribution in [0.15, 0.2) is 18.2 Å². The van der Waals surface area contributed by atoms with Gasteiger partial charge in [0.25, 0.3) is 0 Å². The molecule has 22 heavy (non-hydrogen) atoms. The molecule has 0 saturated carbocycles. The summed E-state index contributed by atoms with van der Waals surface area (Å²) in [6, 6.07) is 3.61. The van der Waals surface area contributed by atoms with Gasteiger partial charge in [0.15, 0.2) is 0 Å². The molecule has 1 saturated heterocycles. The SMILES string of the molecule is CCS(=O)(=O)N1CCC(Nc2cccc(C(F)(F)F)n2)CC1. The summed E-state index contributed by atoms with van der Waals surface area (Å²) in [7, 11) is -3.20. The fraction of sp³-hybridized carbons (Fsp3) is 0.615. The molecule has 1 N–H and O–H groups in total. The smallest absolute Gasteiger partial charge is 0.367 e. The van der Waals surface area contributed by atoms with Gasteiger partial charge in [-0.15, -0.1) is 0 Å². The summed E-state index contributed by atoms with van der Waals surface area (Å²) in [5.74, 6) is 0.215. The third-order valence-corrected chi connectivity index (χ3v) is 5.49. The fourth-order valence-corrected chi connectivity index (χ4v) is 3.48. The maximum atomic E-state index is 12.6. The van der Waals surface area contributed by atoms with Gasteiger partial charge in [0.05, 0.1) is 5.75 Å². The third-order valence-electron chi connectivity index (χ3n) is 3.60. The largest absolute Gasteiger partial charge is 0.433 e. The first-order valence-corrected chi connectivity index (χ1v) is 8.62. The number of nitrogens with zero attached hydrogens (tertiary/aromatic N) is 2. The van der Waals surface area contributed by atoms with Crippen LogP contribution in [0.4, 0.5) is 19.0 Å². The number of hydrogen-bond donors (Lipinski definition) is 1. The molecule has 0 atom stereocenters. The first-order chi connectivity index (χ1) is 10.2. The number of nitrogens with one attached hydrogen (secondary N) is 1. The number of piperidine rings is 1. The normalized spacial score (nSPS) is 18.4. The molecule has 2 rings (SSSR count). The monoisotopic (exact) mass is 337 g/mol. The Bertz CT molecular complexity index is 611. The second kappa shape index (κ2) is 6.41. The molecule has 1 aliphatic rings. The maximum Gasteiger partial charge on any atom is 0.433 e. The van der Waals surface area contributed by atoms with Crippen molar-refractivity contribution >= 4 is 15.8 Å². The standard InChI is InChI=1S/C13H18F3N3O2S/c1-2-22(20,21)19-8-6-10(7-9-19)17-12-5-3-4-11(18-12)13(14,15)16/h3-5,10H,2,6-9H2,1H3,(H,17,18). The number of sulfonamides is 1. The van der Waals surface area contributed by atoms with Gasteiger partial charge in [0.2, 0.25) is 10.0 Å². The molecule has 1 fully saturated rings. The first-order valence-electron chi connectivity index (χ1n) is 7.01. The average Bonchev–Trinajstić information content (AvgIpc) is 2.47. The highest BCUT2D eigenvalue weighted by Crippen LogP contribution is 2.28. The van der Waals surface area contributed by atoms with E-state index < -0.39 is 21.9 Å². The molecule has 0 radical (unpaired) electrons. The third kappa shape index (κ3) is 4.10. The molecular weight excluding hydrogens is 319 g/mol. The summed E-state index contributed by atoms with van der Waals surface area (Å²) in [6.45, 7) is 2.33. The van der Waals surface area contributed by atoms with Crippen LogP contribution < -0.4 is 5.32 Å². The van der Waals surface area contributed by atoms with E-state index in [2.05, 4.69) is 10.3 Å². The highest BCUT2D eigenvalue weighted by atomic mass is 32.2. The van der Waals surface area contributed by atoms with Gasteiger partial charge in [-0.1, -0.05) is 6.07 Å². The molecule has 2 heterocycles. The molecule has 5 nitrogen and oxygen atoms in total. The molecule has 0 spiro atoms. The Labute approximate surface area is 127 Å². The van der Waals surface area contributed by atoms with Gasteiger partial charge in [-0.2, -0.15) is 13.2 Å². The lowest BCUT2D eigenvalue weighted by molar-refractivity contribution is -0.141. The Morgan fingerprint density at radius 1 is 1.32 bits per heavy atom. The highest BCUT2D eigenvalue weighted by molar-refractivity contribution is 7.89. The van der Waals surface area contributed by atoms with E-state index in [-0.39, 0.29) is 17.6 Å². The quantitative estimate of drug-likeness (QED) is 0.916. The number of anilines is 1. The predicted octanol–water partition coefficient (Wildman–Crippen LogP) is 2.33. The van der Waals surface area contributed by atoms with Crippen LogP contribution in [0.1, 0.15) is 25.5 Å². The molecule has 124 valence electrons. The van der Waals surface area contributed by atoms with Crippen molar-refractivity contribution in [2.75, 3.05) is 24.2 Å². The van der Waals surface area contributed by atoms with E-state index in [1.807, 2.05) is 0 Å². The molecule has 0 unspecified atom stereocenters. The van der Waals surface area contributed by atoms with Crippen LogP contribution >= 0.6 is 0 Å². The summed E-state index contributed by atoms with van der Waals surface area (Å²) >= 11 is 0. The Balaban J connectivity index is 1.97. The molecular formula is C13H18F3N3O2S. The van der Waals surface area contributed by atoms with E-state index in [0.717, 1.165) is 6.07 Å². The Kier molecular flexibility index (Phi) is 4.96. The van der Waals surface area contributed by atoms with Gasteiger partial charge in [0, 0.05) is 19.1 Å². The molecule has 1 aromatic heterocycles. The topological polar surface area (TPSA) is 62.3 Å². The van der Waals surface area contributed by atoms with Crippen LogP contribution in [-0.2, 0) is 16.2 Å². The summed E-state index contributed by atoms with van der Waals surface area (Å²) in [6.07, 6.45) is -3.40. The van der Waals surface area contributed by atoms with Gasteiger partial charge in [0.1, 0.15) is 11.5 Å². The summed E-state index contributed by atoms with van der Waals surface area (Å²) in [4.78, 5) is 3.55. The van der Waals surface area contributed by atoms with Crippen molar-refractivity contribution in [2.45, 2.75) is 32.0 Å². The van der Waals surface area contributed by atoms with Crippen molar-refractivity contribution in [3.8, 4) is 0 Å². The molecule has 0 amide bonds. The van der Waals surface area contributed by atoms with E-state index in [1.165, 1.54) is 16.4 Å². The van der Waals surface area contributed by atoms with Gasteiger partial charge >= 0.3 is 6.18 Å². The summed E-state index contributed by atoms with van der Waals surface area (Å²) in [5.41, 5.74) is -0.941. The first kappa shape index (κ1) is 17.0. The van der Waals surface area contributed by atoms with Crippen LogP contribution in [-0.4, -0.2) is 42.6 Å². The van der Waals surface area contributed by atoms with E-state index >= 15 is 0 Å². The number of halogens is 3. The average molecular weight is 337 g/mol. The fourth-order valence-electron chi connectivity index (χ4n) is 2.34. The van der Waals surface area contributed by atoms with Gasteiger partial charge in [-0.25, -0.2) is 17.7 Å². The number of pyridine rings is 1. The Morgan fingerprint density at radius 2 is 1.95 bits per heavy atom. The van der Waals surface area contributed by atoms with Crippen molar-refractivity contribution < 1.29 is 21.6 Å². The zero-order valence-electron chi connectivity index (χ0n) is 12.1. The van der Waals surface area contributed by atoms with Crippen LogP contribution in [0, 0.1) is 0 Å². The van der Waals surface area contributed by atoms with Gasteiger partial charge in [-0.05, 0) is 31.9 Å². The van der Waals surface area contributed by atoms with Gasteiger partial charge < -0.3 is 5.32 Å².